The molecule has 0 aromatic carbocycles. The van der Waals surface area contributed by atoms with E-state index in [-0.39, 0.29) is 6.03 Å². The molecular weight excluding hydrogens is 266 g/mol. The minimum atomic E-state index is 0.0457. The summed E-state index contributed by atoms with van der Waals surface area (Å²) in [5, 5.41) is 2.93. The number of carbonyl (C=O) groups is 1. The van der Waals surface area contributed by atoms with E-state index >= 15 is 0 Å². The molecule has 0 unspecified atom stereocenters. The van der Waals surface area contributed by atoms with Crippen molar-refractivity contribution in [3.63, 3.8) is 0 Å². The third kappa shape index (κ3) is 2.84. The molecule has 1 fully saturated rings. The Bertz CT molecular complexity index is 549. The number of nitrogens with one attached hydrogen (secondary N) is 1. The van der Waals surface area contributed by atoms with Crippen LogP contribution in [0.5, 0.6) is 0 Å². The Morgan fingerprint density at radius 1 is 1.29 bits per heavy atom. The Balaban J connectivity index is 1.63. The van der Waals surface area contributed by atoms with Crippen LogP contribution in [0, 0.1) is 0 Å². The van der Waals surface area contributed by atoms with E-state index in [0.29, 0.717) is 0 Å². The van der Waals surface area contributed by atoms with E-state index in [2.05, 4.69) is 39.3 Å². The third-order valence-electron chi connectivity index (χ3n) is 3.93. The van der Waals surface area contributed by atoms with Crippen molar-refractivity contribution in [1.82, 2.24) is 20.2 Å². The van der Waals surface area contributed by atoms with E-state index in [1.54, 1.807) is 6.33 Å². The molecule has 3 rings (SSSR count). The van der Waals surface area contributed by atoms with Gasteiger partial charge in [-0.15, -0.1) is 0 Å². The van der Waals surface area contributed by atoms with Gasteiger partial charge < -0.3 is 15.1 Å². The second-order valence-electron chi connectivity index (χ2n) is 5.37. The summed E-state index contributed by atoms with van der Waals surface area (Å²) in [5.74, 6) is 1.00. The molecule has 21 heavy (non-hydrogen) atoms. The summed E-state index contributed by atoms with van der Waals surface area (Å²) in [4.78, 5) is 24.8. The van der Waals surface area contributed by atoms with Gasteiger partial charge in [-0.05, 0) is 6.42 Å². The molecule has 1 aromatic rings. The van der Waals surface area contributed by atoms with E-state index in [9.17, 15) is 4.79 Å². The lowest BCUT2D eigenvalue weighted by Crippen LogP contribution is -2.52. The summed E-state index contributed by atoms with van der Waals surface area (Å²) in [5.41, 5.74) is 2.24. The normalized spacial score (nSPS) is 17.0. The van der Waals surface area contributed by atoms with Gasteiger partial charge in [0.15, 0.2) is 0 Å². The van der Waals surface area contributed by atoms with Gasteiger partial charge in [-0.25, -0.2) is 14.8 Å². The van der Waals surface area contributed by atoms with Crippen LogP contribution in [0.4, 0.5) is 10.6 Å². The van der Waals surface area contributed by atoms with Gasteiger partial charge in [0.1, 0.15) is 12.1 Å². The van der Waals surface area contributed by atoms with Crippen LogP contribution in [0.25, 0.3) is 6.08 Å². The van der Waals surface area contributed by atoms with Gasteiger partial charge in [-0.1, -0.05) is 19.1 Å². The summed E-state index contributed by atoms with van der Waals surface area (Å²) in [6.45, 7) is 5.90. The number of urea groups is 1. The topological polar surface area (TPSA) is 61.4 Å². The van der Waals surface area contributed by atoms with Crippen molar-refractivity contribution in [3.05, 3.63) is 23.7 Å². The fourth-order valence-corrected chi connectivity index (χ4v) is 2.76. The molecule has 0 spiro atoms. The first-order valence-corrected chi connectivity index (χ1v) is 7.57. The van der Waals surface area contributed by atoms with Crippen LogP contribution < -0.4 is 10.2 Å². The minimum absolute atomic E-state index is 0.0457. The predicted molar refractivity (Wildman–Crippen MR) is 82.2 cm³/mol. The van der Waals surface area contributed by atoms with Gasteiger partial charge in [0.25, 0.3) is 0 Å². The van der Waals surface area contributed by atoms with Crippen molar-refractivity contribution >= 4 is 17.9 Å². The van der Waals surface area contributed by atoms with Gasteiger partial charge in [0, 0.05) is 44.7 Å². The highest BCUT2D eigenvalue weighted by Crippen LogP contribution is 2.26. The summed E-state index contributed by atoms with van der Waals surface area (Å²) in [6, 6.07) is 0.0457. The average molecular weight is 287 g/mol. The number of aromatic nitrogens is 2. The van der Waals surface area contributed by atoms with Gasteiger partial charge in [-0.3, -0.25) is 0 Å². The number of hydrogen-bond donors (Lipinski definition) is 1. The lowest BCUT2D eigenvalue weighted by Gasteiger charge is -2.35. The molecule has 1 N–H and O–H groups in total. The number of anilines is 1. The van der Waals surface area contributed by atoms with Crippen molar-refractivity contribution < 1.29 is 4.79 Å². The monoisotopic (exact) mass is 287 g/mol. The average Bonchev–Trinajstić information content (AvgIpc) is 3.01. The van der Waals surface area contributed by atoms with Gasteiger partial charge in [-0.2, -0.15) is 0 Å². The molecule has 2 aliphatic rings. The fourth-order valence-electron chi connectivity index (χ4n) is 2.76. The SMILES string of the molecule is CCCNC(=O)N1CCN(c2ncnc3c2C=CC3)CC1. The van der Waals surface area contributed by atoms with E-state index in [1.807, 2.05) is 4.90 Å². The summed E-state index contributed by atoms with van der Waals surface area (Å²) in [7, 11) is 0. The van der Waals surface area contributed by atoms with E-state index in [0.717, 1.165) is 62.6 Å². The maximum absolute atomic E-state index is 11.9. The minimum Gasteiger partial charge on any atom is -0.352 e. The number of amides is 2. The van der Waals surface area contributed by atoms with Crippen LogP contribution in [0.1, 0.15) is 24.6 Å². The largest absolute Gasteiger partial charge is 0.352 e. The molecule has 1 aromatic heterocycles. The number of piperazine rings is 1. The first-order chi connectivity index (χ1) is 10.3. The lowest BCUT2D eigenvalue weighted by atomic mass is 10.2. The standard InChI is InChI=1S/C15H21N5O/c1-2-6-16-15(21)20-9-7-19(8-10-20)14-12-4-3-5-13(12)17-11-18-14/h3-4,11H,2,5-10H2,1H3,(H,16,21). The summed E-state index contributed by atoms with van der Waals surface area (Å²) >= 11 is 0. The number of rotatable bonds is 3. The smallest absolute Gasteiger partial charge is 0.317 e. The maximum Gasteiger partial charge on any atom is 0.317 e. The zero-order valence-electron chi connectivity index (χ0n) is 12.4. The molecule has 2 amide bonds. The number of nitrogens with zero attached hydrogens (tertiary/aromatic N) is 4. The number of allylic oxidation sites excluding steroid dienone is 1. The molecule has 1 aliphatic carbocycles. The number of fused-ring (bicyclic) bond motifs is 1. The molecule has 1 aliphatic heterocycles. The first kappa shape index (κ1) is 13.9. The summed E-state index contributed by atoms with van der Waals surface area (Å²) < 4.78 is 0. The third-order valence-corrected chi connectivity index (χ3v) is 3.93. The molecule has 0 atom stereocenters. The Hall–Kier alpha value is -2.11. The zero-order chi connectivity index (χ0) is 14.7. The Labute approximate surface area is 124 Å². The highest BCUT2D eigenvalue weighted by Gasteiger charge is 2.24. The molecule has 2 heterocycles. The first-order valence-electron chi connectivity index (χ1n) is 7.57. The van der Waals surface area contributed by atoms with E-state index < -0.39 is 0 Å². The maximum atomic E-state index is 11.9. The van der Waals surface area contributed by atoms with Crippen molar-refractivity contribution in [2.75, 3.05) is 37.6 Å². The van der Waals surface area contributed by atoms with Crippen LogP contribution in [-0.2, 0) is 6.42 Å². The summed E-state index contributed by atoms with van der Waals surface area (Å²) in [6.07, 6.45) is 7.72. The van der Waals surface area contributed by atoms with Crippen molar-refractivity contribution in [1.29, 1.82) is 0 Å². The Morgan fingerprint density at radius 3 is 2.86 bits per heavy atom. The van der Waals surface area contributed by atoms with Crippen LogP contribution in [0.3, 0.4) is 0 Å². The molecule has 0 bridgehead atoms. The number of carbonyl (C=O) groups excluding carboxylic acids is 1. The Kier molecular flexibility index (Phi) is 4.03. The van der Waals surface area contributed by atoms with Crippen LogP contribution in [-0.4, -0.2) is 53.6 Å². The fraction of sp³-hybridized carbons (Fsp3) is 0.533. The van der Waals surface area contributed by atoms with Crippen molar-refractivity contribution in [2.24, 2.45) is 0 Å². The van der Waals surface area contributed by atoms with E-state index in [4.69, 9.17) is 0 Å². The molecule has 6 nitrogen and oxygen atoms in total. The van der Waals surface area contributed by atoms with Crippen LogP contribution >= 0.6 is 0 Å². The van der Waals surface area contributed by atoms with Crippen LogP contribution in [0.15, 0.2) is 12.4 Å². The molecule has 0 radical (unpaired) electrons. The second-order valence-corrected chi connectivity index (χ2v) is 5.37. The van der Waals surface area contributed by atoms with Crippen molar-refractivity contribution in [3.8, 4) is 0 Å². The van der Waals surface area contributed by atoms with Gasteiger partial charge in [0.05, 0.1) is 5.69 Å². The molecule has 112 valence electrons. The molecule has 1 saturated heterocycles. The quantitative estimate of drug-likeness (QED) is 0.910. The van der Waals surface area contributed by atoms with Gasteiger partial charge in [0.2, 0.25) is 0 Å². The second kappa shape index (κ2) is 6.11. The van der Waals surface area contributed by atoms with Gasteiger partial charge >= 0.3 is 6.03 Å². The highest BCUT2D eigenvalue weighted by atomic mass is 16.2. The highest BCUT2D eigenvalue weighted by molar-refractivity contribution is 5.75. The molecular formula is C15H21N5O. The van der Waals surface area contributed by atoms with Crippen molar-refractivity contribution in [2.45, 2.75) is 19.8 Å². The van der Waals surface area contributed by atoms with E-state index in [1.165, 1.54) is 0 Å². The molecule has 0 saturated carbocycles. The zero-order valence-corrected chi connectivity index (χ0v) is 12.4. The molecule has 6 heteroatoms. The predicted octanol–water partition coefficient (Wildman–Crippen LogP) is 1.29. The lowest BCUT2D eigenvalue weighted by molar-refractivity contribution is 0.194. The number of hydrogen-bond acceptors (Lipinski definition) is 4. The Morgan fingerprint density at radius 2 is 2.10 bits per heavy atom. The van der Waals surface area contributed by atoms with Crippen LogP contribution in [0.2, 0.25) is 0 Å².